The van der Waals surface area contributed by atoms with E-state index in [0.29, 0.717) is 10.6 Å². The third-order valence-electron chi connectivity index (χ3n) is 4.61. The number of Topliss-reactive ketones (excluding diaryl/α,β-unsaturated/α-hetero) is 1. The van der Waals surface area contributed by atoms with Crippen LogP contribution in [0.5, 0.6) is 0 Å². The minimum atomic E-state index is -0.217. The van der Waals surface area contributed by atoms with E-state index in [1.165, 1.54) is 11.8 Å². The van der Waals surface area contributed by atoms with Gasteiger partial charge < -0.3 is 9.30 Å². The Balaban J connectivity index is 1.76. The van der Waals surface area contributed by atoms with Crippen LogP contribution in [0.25, 0.3) is 0 Å². The zero-order chi connectivity index (χ0) is 18.0. The van der Waals surface area contributed by atoms with Crippen molar-refractivity contribution in [3.05, 3.63) is 46.2 Å². The molecule has 0 radical (unpaired) electrons. The van der Waals surface area contributed by atoms with Gasteiger partial charge in [-0.25, -0.2) is 4.98 Å². The molecule has 2 atom stereocenters. The molecular weight excluding hydrogens is 356 g/mol. The molecule has 3 rings (SSSR count). The van der Waals surface area contributed by atoms with Crippen molar-refractivity contribution in [1.29, 1.82) is 0 Å². The third-order valence-corrected chi connectivity index (χ3v) is 5.96. The first-order valence-corrected chi connectivity index (χ1v) is 9.83. The lowest BCUT2D eigenvalue weighted by atomic mass is 10.1. The van der Waals surface area contributed by atoms with Gasteiger partial charge in [0.1, 0.15) is 0 Å². The Hall–Kier alpha value is -1.30. The molecule has 0 amide bonds. The van der Waals surface area contributed by atoms with Crippen LogP contribution in [0, 0.1) is 13.8 Å². The van der Waals surface area contributed by atoms with Crippen molar-refractivity contribution in [3.8, 4) is 0 Å². The second kappa shape index (κ2) is 7.94. The van der Waals surface area contributed by atoms with E-state index in [9.17, 15) is 4.79 Å². The number of ketones is 1. The van der Waals surface area contributed by atoms with Gasteiger partial charge in [-0.2, -0.15) is 0 Å². The highest BCUT2D eigenvalue weighted by atomic mass is 35.5. The zero-order valence-electron chi connectivity index (χ0n) is 14.8. The normalized spacial score (nSPS) is 18.5. The van der Waals surface area contributed by atoms with Crippen molar-refractivity contribution in [2.24, 2.45) is 0 Å². The summed E-state index contributed by atoms with van der Waals surface area (Å²) in [5.74, 6) is 0.0867. The Morgan fingerprint density at radius 2 is 2.12 bits per heavy atom. The monoisotopic (exact) mass is 378 g/mol. The van der Waals surface area contributed by atoms with E-state index in [0.717, 1.165) is 42.5 Å². The number of hydrogen-bond donors (Lipinski definition) is 0. The molecule has 25 heavy (non-hydrogen) atoms. The molecule has 4 nitrogen and oxygen atoms in total. The van der Waals surface area contributed by atoms with E-state index in [1.807, 2.05) is 13.8 Å². The average Bonchev–Trinajstić information content (AvgIpc) is 3.19. The molecule has 1 aromatic heterocycles. The van der Waals surface area contributed by atoms with Gasteiger partial charge in [-0.15, -0.1) is 0 Å². The van der Waals surface area contributed by atoms with Gasteiger partial charge >= 0.3 is 0 Å². The van der Waals surface area contributed by atoms with E-state index in [4.69, 9.17) is 16.3 Å². The van der Waals surface area contributed by atoms with Crippen LogP contribution in [0.15, 0.2) is 29.4 Å². The van der Waals surface area contributed by atoms with Crippen molar-refractivity contribution in [2.45, 2.75) is 56.7 Å². The molecule has 134 valence electrons. The van der Waals surface area contributed by atoms with E-state index < -0.39 is 0 Å². The lowest BCUT2D eigenvalue weighted by Gasteiger charge is -2.16. The smallest absolute Gasteiger partial charge is 0.175 e. The maximum absolute atomic E-state index is 12.7. The molecule has 0 spiro atoms. The van der Waals surface area contributed by atoms with Gasteiger partial charge in [0.2, 0.25) is 0 Å². The largest absolute Gasteiger partial charge is 0.376 e. The van der Waals surface area contributed by atoms with Crippen LogP contribution in [-0.4, -0.2) is 33.3 Å². The summed E-state index contributed by atoms with van der Waals surface area (Å²) in [7, 11) is 0. The summed E-state index contributed by atoms with van der Waals surface area (Å²) in [4.78, 5) is 17.4. The van der Waals surface area contributed by atoms with Crippen LogP contribution < -0.4 is 0 Å². The fourth-order valence-corrected chi connectivity index (χ4v) is 4.19. The van der Waals surface area contributed by atoms with E-state index >= 15 is 0 Å². The van der Waals surface area contributed by atoms with Gasteiger partial charge in [-0.05, 0) is 57.9 Å². The fourth-order valence-electron chi connectivity index (χ4n) is 2.98. The first-order valence-electron chi connectivity index (χ1n) is 8.57. The van der Waals surface area contributed by atoms with Gasteiger partial charge in [-0.3, -0.25) is 4.79 Å². The fraction of sp³-hybridized carbons (Fsp3) is 0.474. The number of aryl methyl sites for hydroxylation is 1. The summed E-state index contributed by atoms with van der Waals surface area (Å²) in [5, 5.41) is 1.31. The quantitative estimate of drug-likeness (QED) is 0.540. The molecule has 0 N–H and O–H groups in total. The van der Waals surface area contributed by atoms with Gasteiger partial charge in [0.05, 0.1) is 23.6 Å². The molecule has 0 aliphatic carbocycles. The Bertz CT molecular complexity index is 752. The number of halogens is 1. The molecule has 2 aromatic rings. The number of ether oxygens (including phenoxy) is 1. The molecule has 1 fully saturated rings. The minimum absolute atomic E-state index is 0.0867. The van der Waals surface area contributed by atoms with Crippen molar-refractivity contribution < 1.29 is 9.53 Å². The highest BCUT2D eigenvalue weighted by Crippen LogP contribution is 2.29. The second-order valence-electron chi connectivity index (χ2n) is 6.44. The van der Waals surface area contributed by atoms with E-state index in [1.54, 1.807) is 24.3 Å². The van der Waals surface area contributed by atoms with Gasteiger partial charge in [0.25, 0.3) is 0 Å². The van der Waals surface area contributed by atoms with Gasteiger partial charge in [0, 0.05) is 22.9 Å². The number of aromatic nitrogens is 2. The molecule has 2 heterocycles. The summed E-state index contributed by atoms with van der Waals surface area (Å²) >= 11 is 7.42. The Morgan fingerprint density at radius 1 is 1.40 bits per heavy atom. The van der Waals surface area contributed by atoms with E-state index in [2.05, 4.69) is 16.5 Å². The van der Waals surface area contributed by atoms with Crippen molar-refractivity contribution in [3.63, 3.8) is 0 Å². The Morgan fingerprint density at radius 3 is 2.76 bits per heavy atom. The number of imidazole rings is 1. The minimum Gasteiger partial charge on any atom is -0.376 e. The average molecular weight is 379 g/mol. The number of benzene rings is 1. The molecular formula is C19H23ClN2O2S. The lowest BCUT2D eigenvalue weighted by Crippen LogP contribution is -2.19. The number of carbonyl (C=O) groups is 1. The number of rotatable bonds is 6. The number of nitrogens with zero attached hydrogens (tertiary/aromatic N) is 2. The highest BCUT2D eigenvalue weighted by Gasteiger charge is 2.23. The summed E-state index contributed by atoms with van der Waals surface area (Å²) in [6.07, 6.45) is 2.44. The van der Waals surface area contributed by atoms with Crippen LogP contribution in [0.2, 0.25) is 5.02 Å². The second-order valence-corrected chi connectivity index (χ2v) is 8.19. The Labute approximate surface area is 157 Å². The predicted octanol–water partition coefficient (Wildman–Crippen LogP) is 4.70. The van der Waals surface area contributed by atoms with Crippen LogP contribution in [0.1, 0.15) is 41.5 Å². The molecule has 0 unspecified atom stereocenters. The van der Waals surface area contributed by atoms with Gasteiger partial charge in [0.15, 0.2) is 10.9 Å². The predicted molar refractivity (Wildman–Crippen MR) is 102 cm³/mol. The highest BCUT2D eigenvalue weighted by molar-refractivity contribution is 8.00. The lowest BCUT2D eigenvalue weighted by molar-refractivity contribution is 0.0944. The topological polar surface area (TPSA) is 44.1 Å². The van der Waals surface area contributed by atoms with Gasteiger partial charge in [-0.1, -0.05) is 23.4 Å². The molecule has 0 saturated carbocycles. The van der Waals surface area contributed by atoms with Crippen LogP contribution in [0.4, 0.5) is 0 Å². The molecule has 1 saturated heterocycles. The number of hydrogen-bond acceptors (Lipinski definition) is 4. The summed E-state index contributed by atoms with van der Waals surface area (Å²) in [6, 6.07) is 7.05. The van der Waals surface area contributed by atoms with Crippen molar-refractivity contribution in [1.82, 2.24) is 9.55 Å². The van der Waals surface area contributed by atoms with Crippen molar-refractivity contribution >= 4 is 29.1 Å². The standard InChI is InChI=1S/C19H23ClN2O2S/c1-12-13(2)22(11-17-5-4-10-24-17)19(21-12)25-14(3)18(23)15-6-8-16(20)9-7-15/h6-9,14,17H,4-5,10-11H2,1-3H3/t14-,17+/m1/s1. The molecule has 6 heteroatoms. The number of carbonyl (C=O) groups excluding carboxylic acids is 1. The maximum Gasteiger partial charge on any atom is 0.175 e. The SMILES string of the molecule is Cc1nc(S[C@H](C)C(=O)c2ccc(Cl)cc2)n(C[C@@H]2CCCO2)c1C. The van der Waals surface area contributed by atoms with Crippen LogP contribution >= 0.6 is 23.4 Å². The molecule has 1 aliphatic heterocycles. The zero-order valence-corrected chi connectivity index (χ0v) is 16.4. The van der Waals surface area contributed by atoms with Crippen molar-refractivity contribution in [2.75, 3.05) is 6.61 Å². The number of thioether (sulfide) groups is 1. The molecule has 0 bridgehead atoms. The van der Waals surface area contributed by atoms with Crippen LogP contribution in [0.3, 0.4) is 0 Å². The summed E-state index contributed by atoms with van der Waals surface area (Å²) < 4.78 is 7.97. The van der Waals surface area contributed by atoms with E-state index in [-0.39, 0.29) is 17.1 Å². The summed E-state index contributed by atoms with van der Waals surface area (Å²) in [6.45, 7) is 7.66. The third kappa shape index (κ3) is 4.27. The van der Waals surface area contributed by atoms with Crippen LogP contribution in [-0.2, 0) is 11.3 Å². The molecule has 1 aliphatic rings. The first kappa shape index (κ1) is 18.5. The first-order chi connectivity index (χ1) is 12.0. The molecule has 1 aromatic carbocycles. The Kier molecular flexibility index (Phi) is 5.87. The summed E-state index contributed by atoms with van der Waals surface area (Å²) in [5.41, 5.74) is 2.82. The maximum atomic E-state index is 12.7.